The number of hydrogen-bond donors (Lipinski definition) is 1. The van der Waals surface area contributed by atoms with E-state index >= 15 is 0 Å². The minimum Gasteiger partial charge on any atom is -0.350 e. The Morgan fingerprint density at radius 3 is 2.79 bits per heavy atom. The molecule has 0 aliphatic carbocycles. The van der Waals surface area contributed by atoms with Crippen LogP contribution in [0.1, 0.15) is 30.9 Å². The van der Waals surface area contributed by atoms with Gasteiger partial charge in [-0.3, -0.25) is 9.59 Å². The van der Waals surface area contributed by atoms with Crippen molar-refractivity contribution in [3.8, 4) is 0 Å². The van der Waals surface area contributed by atoms with E-state index in [9.17, 15) is 9.59 Å². The number of nitrogens with one attached hydrogen (secondary N) is 1. The van der Waals surface area contributed by atoms with Crippen LogP contribution in [0.2, 0.25) is 0 Å². The zero-order chi connectivity index (χ0) is 13.8. The van der Waals surface area contributed by atoms with Crippen molar-refractivity contribution in [3.63, 3.8) is 0 Å². The summed E-state index contributed by atoms with van der Waals surface area (Å²) in [6.45, 7) is 4.76. The summed E-state index contributed by atoms with van der Waals surface area (Å²) in [6, 6.07) is 7.69. The highest BCUT2D eigenvalue weighted by molar-refractivity contribution is 5.87. The van der Waals surface area contributed by atoms with Gasteiger partial charge in [0.2, 0.25) is 11.8 Å². The lowest BCUT2D eigenvalue weighted by Gasteiger charge is -2.22. The molecule has 4 nitrogen and oxygen atoms in total. The van der Waals surface area contributed by atoms with Gasteiger partial charge in [-0.25, -0.2) is 0 Å². The van der Waals surface area contributed by atoms with Crippen LogP contribution in [-0.2, 0) is 16.1 Å². The average molecular weight is 260 g/mol. The van der Waals surface area contributed by atoms with Gasteiger partial charge >= 0.3 is 0 Å². The first-order valence-electron chi connectivity index (χ1n) is 6.69. The first-order chi connectivity index (χ1) is 9.09. The topological polar surface area (TPSA) is 49.4 Å². The van der Waals surface area contributed by atoms with Gasteiger partial charge in [-0.1, -0.05) is 24.3 Å². The number of carbonyl (C=O) groups excluding carboxylic acids is 2. The van der Waals surface area contributed by atoms with Crippen LogP contribution in [0.3, 0.4) is 0 Å². The van der Waals surface area contributed by atoms with Gasteiger partial charge in [0.1, 0.15) is 6.04 Å². The Hall–Kier alpha value is -1.84. The molecule has 1 aliphatic heterocycles. The third-order valence-electron chi connectivity index (χ3n) is 3.67. The van der Waals surface area contributed by atoms with Gasteiger partial charge in [-0.15, -0.1) is 0 Å². The largest absolute Gasteiger partial charge is 0.350 e. The Balaban J connectivity index is 1.95. The molecular formula is C15H20N2O2. The lowest BCUT2D eigenvalue weighted by Crippen LogP contribution is -2.44. The summed E-state index contributed by atoms with van der Waals surface area (Å²) in [4.78, 5) is 25.2. The molecule has 1 aliphatic rings. The number of benzene rings is 1. The van der Waals surface area contributed by atoms with E-state index in [0.29, 0.717) is 13.1 Å². The van der Waals surface area contributed by atoms with Gasteiger partial charge < -0.3 is 10.2 Å². The summed E-state index contributed by atoms with van der Waals surface area (Å²) in [5.41, 5.74) is 2.28. The molecule has 0 saturated carbocycles. The van der Waals surface area contributed by atoms with Gasteiger partial charge in [0.25, 0.3) is 0 Å². The average Bonchev–Trinajstić information content (AvgIpc) is 2.87. The maximum Gasteiger partial charge on any atom is 0.243 e. The molecule has 0 spiro atoms. The molecule has 1 unspecified atom stereocenters. The molecular weight excluding hydrogens is 240 g/mol. The molecule has 1 heterocycles. The van der Waals surface area contributed by atoms with E-state index in [1.807, 2.05) is 31.2 Å². The monoisotopic (exact) mass is 260 g/mol. The fraction of sp³-hybridized carbons (Fsp3) is 0.467. The third-order valence-corrected chi connectivity index (χ3v) is 3.67. The number of hydrogen-bond acceptors (Lipinski definition) is 2. The quantitative estimate of drug-likeness (QED) is 0.898. The Bertz CT molecular complexity index is 485. The Morgan fingerprint density at radius 2 is 2.11 bits per heavy atom. The Labute approximate surface area is 113 Å². The third kappa shape index (κ3) is 3.13. The predicted octanol–water partition coefficient (Wildman–Crippen LogP) is 1.62. The van der Waals surface area contributed by atoms with E-state index in [-0.39, 0.29) is 17.9 Å². The van der Waals surface area contributed by atoms with Gasteiger partial charge in [-0.05, 0) is 30.9 Å². The van der Waals surface area contributed by atoms with Crippen molar-refractivity contribution in [2.24, 2.45) is 0 Å². The molecule has 0 radical (unpaired) electrons. The zero-order valence-corrected chi connectivity index (χ0v) is 11.5. The molecule has 102 valence electrons. The number of likely N-dealkylation sites (tertiary alicyclic amines) is 1. The van der Waals surface area contributed by atoms with Crippen molar-refractivity contribution < 1.29 is 9.59 Å². The van der Waals surface area contributed by atoms with Crippen LogP contribution < -0.4 is 5.32 Å². The molecule has 1 saturated heterocycles. The van der Waals surface area contributed by atoms with E-state index < -0.39 is 0 Å². The Kier molecular flexibility index (Phi) is 4.20. The fourth-order valence-electron chi connectivity index (χ4n) is 2.52. The first-order valence-corrected chi connectivity index (χ1v) is 6.69. The van der Waals surface area contributed by atoms with Gasteiger partial charge in [0, 0.05) is 20.0 Å². The van der Waals surface area contributed by atoms with Crippen molar-refractivity contribution in [1.29, 1.82) is 0 Å². The van der Waals surface area contributed by atoms with Gasteiger partial charge in [-0.2, -0.15) is 0 Å². The molecule has 2 amide bonds. The summed E-state index contributed by atoms with van der Waals surface area (Å²) in [5, 5.41) is 2.93. The van der Waals surface area contributed by atoms with Gasteiger partial charge in [0.05, 0.1) is 0 Å². The number of carbonyl (C=O) groups is 2. The normalized spacial score (nSPS) is 18.4. The van der Waals surface area contributed by atoms with Crippen LogP contribution in [0.25, 0.3) is 0 Å². The van der Waals surface area contributed by atoms with E-state index in [4.69, 9.17) is 0 Å². The summed E-state index contributed by atoms with van der Waals surface area (Å²) in [6.07, 6.45) is 1.67. The predicted molar refractivity (Wildman–Crippen MR) is 73.4 cm³/mol. The van der Waals surface area contributed by atoms with Crippen molar-refractivity contribution in [1.82, 2.24) is 10.2 Å². The molecule has 0 aromatic heterocycles. The number of amides is 2. The summed E-state index contributed by atoms with van der Waals surface area (Å²) in [7, 11) is 0. The van der Waals surface area contributed by atoms with E-state index in [0.717, 1.165) is 24.0 Å². The highest BCUT2D eigenvalue weighted by Crippen LogP contribution is 2.17. The second-order valence-electron chi connectivity index (χ2n) is 5.01. The molecule has 1 aromatic rings. The van der Waals surface area contributed by atoms with Crippen LogP contribution in [-0.4, -0.2) is 29.3 Å². The molecule has 2 rings (SSSR count). The smallest absolute Gasteiger partial charge is 0.243 e. The zero-order valence-electron chi connectivity index (χ0n) is 11.5. The van der Waals surface area contributed by atoms with Gasteiger partial charge in [0.15, 0.2) is 0 Å². The summed E-state index contributed by atoms with van der Waals surface area (Å²) >= 11 is 0. The molecule has 1 aromatic carbocycles. The molecule has 1 N–H and O–H groups in total. The maximum atomic E-state index is 12.1. The second-order valence-corrected chi connectivity index (χ2v) is 5.01. The van der Waals surface area contributed by atoms with E-state index in [1.165, 1.54) is 6.92 Å². The van der Waals surface area contributed by atoms with Crippen molar-refractivity contribution in [3.05, 3.63) is 35.4 Å². The minimum atomic E-state index is -0.290. The summed E-state index contributed by atoms with van der Waals surface area (Å²) < 4.78 is 0. The Morgan fingerprint density at radius 1 is 1.37 bits per heavy atom. The lowest BCUT2D eigenvalue weighted by molar-refractivity contribution is -0.136. The van der Waals surface area contributed by atoms with Crippen LogP contribution >= 0.6 is 0 Å². The molecule has 0 bridgehead atoms. The maximum absolute atomic E-state index is 12.1. The molecule has 19 heavy (non-hydrogen) atoms. The second kappa shape index (κ2) is 5.87. The highest BCUT2D eigenvalue weighted by Gasteiger charge is 2.31. The lowest BCUT2D eigenvalue weighted by atomic mass is 10.1. The van der Waals surface area contributed by atoms with Crippen LogP contribution in [0.15, 0.2) is 24.3 Å². The van der Waals surface area contributed by atoms with Crippen molar-refractivity contribution in [2.75, 3.05) is 6.54 Å². The van der Waals surface area contributed by atoms with Crippen molar-refractivity contribution in [2.45, 2.75) is 39.3 Å². The summed E-state index contributed by atoms with van der Waals surface area (Å²) in [5.74, 6) is -0.0653. The molecule has 1 atom stereocenters. The fourth-order valence-corrected chi connectivity index (χ4v) is 2.52. The minimum absolute atomic E-state index is 0.0199. The van der Waals surface area contributed by atoms with E-state index in [2.05, 4.69) is 5.32 Å². The SMILES string of the molecule is CC(=O)N1CCCC1C(=O)NCc1ccccc1C. The van der Waals surface area contributed by atoms with Crippen LogP contribution in [0.5, 0.6) is 0 Å². The molecule has 4 heteroatoms. The van der Waals surface area contributed by atoms with Crippen LogP contribution in [0, 0.1) is 6.92 Å². The number of rotatable bonds is 3. The van der Waals surface area contributed by atoms with Crippen molar-refractivity contribution >= 4 is 11.8 Å². The van der Waals surface area contributed by atoms with Crippen LogP contribution in [0.4, 0.5) is 0 Å². The highest BCUT2D eigenvalue weighted by atomic mass is 16.2. The van der Waals surface area contributed by atoms with E-state index in [1.54, 1.807) is 4.90 Å². The molecule has 1 fully saturated rings. The first kappa shape index (κ1) is 13.6. The standard InChI is InChI=1S/C15H20N2O2/c1-11-6-3-4-7-13(11)10-16-15(19)14-8-5-9-17(14)12(2)18/h3-4,6-7,14H,5,8-10H2,1-2H3,(H,16,19). The number of aryl methyl sites for hydroxylation is 1. The number of nitrogens with zero attached hydrogens (tertiary/aromatic N) is 1.